The van der Waals surface area contributed by atoms with Gasteiger partial charge in [0.15, 0.2) is 5.11 Å². The summed E-state index contributed by atoms with van der Waals surface area (Å²) in [6.07, 6.45) is 0. The number of nitrogens with one attached hydrogen (secondary N) is 1. The molecule has 0 atom stereocenters. The Morgan fingerprint density at radius 3 is 2.28 bits per heavy atom. The van der Waals surface area contributed by atoms with Gasteiger partial charge in [-0.1, -0.05) is 18.2 Å². The lowest BCUT2D eigenvalue weighted by Crippen LogP contribution is -2.39. The van der Waals surface area contributed by atoms with Gasteiger partial charge in [-0.3, -0.25) is 0 Å². The summed E-state index contributed by atoms with van der Waals surface area (Å²) in [4.78, 5) is 5.77. The number of anilines is 2. The molecule has 0 amide bonds. The van der Waals surface area contributed by atoms with Crippen LogP contribution in [0.4, 0.5) is 11.4 Å². The van der Waals surface area contributed by atoms with E-state index >= 15 is 0 Å². The maximum absolute atomic E-state index is 5.65. The molecular weight excluding hydrogens is 346 g/mol. The van der Waals surface area contributed by atoms with Gasteiger partial charge >= 0.3 is 0 Å². The number of thiocarbonyl (C=S) groups is 1. The van der Waals surface area contributed by atoms with E-state index in [-0.39, 0.29) is 0 Å². The number of thiophene rings is 1. The number of hydrogen-bond donors (Lipinski definition) is 1. The van der Waals surface area contributed by atoms with Crippen LogP contribution in [0.3, 0.4) is 0 Å². The fraction of sp³-hybridized carbons (Fsp3) is 0.350. The highest BCUT2D eigenvalue weighted by molar-refractivity contribution is 7.80. The fourth-order valence-electron chi connectivity index (χ4n) is 2.59. The van der Waals surface area contributed by atoms with Crippen molar-refractivity contribution in [1.82, 2.24) is 5.32 Å². The van der Waals surface area contributed by atoms with Crippen molar-refractivity contribution in [2.75, 3.05) is 29.4 Å². The van der Waals surface area contributed by atoms with Crippen LogP contribution in [0.25, 0.3) is 0 Å². The Balaban J connectivity index is 2.21. The van der Waals surface area contributed by atoms with E-state index in [2.05, 4.69) is 77.3 Å². The van der Waals surface area contributed by atoms with Gasteiger partial charge in [-0.25, -0.2) is 0 Å². The van der Waals surface area contributed by atoms with Crippen LogP contribution < -0.4 is 15.1 Å². The second kappa shape index (κ2) is 9.59. The van der Waals surface area contributed by atoms with E-state index in [1.54, 1.807) is 11.3 Å². The molecule has 134 valence electrons. The lowest BCUT2D eigenvalue weighted by molar-refractivity contribution is 0.866. The molecule has 0 unspecified atom stereocenters. The number of benzene rings is 1. The molecule has 1 N–H and O–H groups in total. The SMILES string of the molecule is C=C(C)CNC(=S)N(Cc1cccs1)c1ccc(N(CC)CC)cc1. The summed E-state index contributed by atoms with van der Waals surface area (Å²) < 4.78 is 0. The van der Waals surface area contributed by atoms with Gasteiger partial charge < -0.3 is 15.1 Å². The first kappa shape index (κ1) is 19.5. The molecule has 2 aromatic rings. The summed E-state index contributed by atoms with van der Waals surface area (Å²) in [5.41, 5.74) is 3.41. The van der Waals surface area contributed by atoms with Crippen LogP contribution in [-0.2, 0) is 6.54 Å². The quantitative estimate of drug-likeness (QED) is 0.515. The van der Waals surface area contributed by atoms with E-state index in [0.717, 1.165) is 36.0 Å². The average Bonchev–Trinajstić information content (AvgIpc) is 3.12. The normalized spacial score (nSPS) is 10.4. The van der Waals surface area contributed by atoms with Gasteiger partial charge in [0, 0.05) is 35.9 Å². The molecule has 0 fully saturated rings. The molecule has 5 heteroatoms. The summed E-state index contributed by atoms with van der Waals surface area (Å²) in [6.45, 7) is 13.8. The molecular formula is C20H27N3S2. The first-order valence-electron chi connectivity index (χ1n) is 8.62. The second-order valence-electron chi connectivity index (χ2n) is 5.97. The summed E-state index contributed by atoms with van der Waals surface area (Å²) in [7, 11) is 0. The van der Waals surface area contributed by atoms with Crippen molar-refractivity contribution in [3.05, 3.63) is 58.8 Å². The van der Waals surface area contributed by atoms with Crippen molar-refractivity contribution < 1.29 is 0 Å². The van der Waals surface area contributed by atoms with E-state index in [1.165, 1.54) is 10.6 Å². The molecule has 3 nitrogen and oxygen atoms in total. The first-order chi connectivity index (χ1) is 12.0. The topological polar surface area (TPSA) is 18.5 Å². The smallest absolute Gasteiger partial charge is 0.174 e. The molecule has 0 saturated carbocycles. The third-order valence-electron chi connectivity index (χ3n) is 3.97. The third-order valence-corrected chi connectivity index (χ3v) is 5.20. The zero-order valence-electron chi connectivity index (χ0n) is 15.3. The van der Waals surface area contributed by atoms with Crippen LogP contribution in [0.15, 0.2) is 53.9 Å². The predicted molar refractivity (Wildman–Crippen MR) is 116 cm³/mol. The predicted octanol–water partition coefficient (Wildman–Crippen LogP) is 5.05. The molecule has 1 aromatic carbocycles. The summed E-state index contributed by atoms with van der Waals surface area (Å²) in [5, 5.41) is 6.13. The van der Waals surface area contributed by atoms with Crippen molar-refractivity contribution in [3.63, 3.8) is 0 Å². The summed E-state index contributed by atoms with van der Waals surface area (Å²) in [6, 6.07) is 12.9. The lowest BCUT2D eigenvalue weighted by Gasteiger charge is -2.27. The van der Waals surface area contributed by atoms with Crippen LogP contribution in [0.2, 0.25) is 0 Å². The highest BCUT2D eigenvalue weighted by atomic mass is 32.1. The van der Waals surface area contributed by atoms with Gasteiger partial charge in [0.05, 0.1) is 6.54 Å². The Bertz CT molecular complexity index is 673. The molecule has 0 aliphatic heterocycles. The summed E-state index contributed by atoms with van der Waals surface area (Å²) >= 11 is 7.40. The van der Waals surface area contributed by atoms with Gasteiger partial charge in [0.2, 0.25) is 0 Å². The number of nitrogens with zero attached hydrogens (tertiary/aromatic N) is 2. The van der Waals surface area contributed by atoms with E-state index in [1.807, 2.05) is 6.92 Å². The Kier molecular flexibility index (Phi) is 7.47. The van der Waals surface area contributed by atoms with E-state index in [9.17, 15) is 0 Å². The molecule has 0 saturated heterocycles. The highest BCUT2D eigenvalue weighted by Gasteiger charge is 2.14. The van der Waals surface area contributed by atoms with Crippen LogP contribution >= 0.6 is 23.6 Å². The van der Waals surface area contributed by atoms with Crippen molar-refractivity contribution in [2.45, 2.75) is 27.3 Å². The second-order valence-corrected chi connectivity index (χ2v) is 7.39. The van der Waals surface area contributed by atoms with Crippen molar-refractivity contribution in [2.24, 2.45) is 0 Å². The Hall–Kier alpha value is -1.85. The van der Waals surface area contributed by atoms with Crippen LogP contribution in [0.5, 0.6) is 0 Å². The Morgan fingerprint density at radius 1 is 1.12 bits per heavy atom. The molecule has 0 aliphatic carbocycles. The van der Waals surface area contributed by atoms with Gasteiger partial charge in [-0.2, -0.15) is 0 Å². The highest BCUT2D eigenvalue weighted by Crippen LogP contribution is 2.24. The molecule has 0 bridgehead atoms. The maximum atomic E-state index is 5.65. The largest absolute Gasteiger partial charge is 0.372 e. The number of rotatable bonds is 8. The van der Waals surface area contributed by atoms with Crippen LogP contribution in [-0.4, -0.2) is 24.7 Å². The minimum Gasteiger partial charge on any atom is -0.372 e. The zero-order valence-corrected chi connectivity index (χ0v) is 16.9. The molecule has 2 rings (SSSR count). The molecule has 1 heterocycles. The van der Waals surface area contributed by atoms with E-state index < -0.39 is 0 Å². The standard InChI is InChI=1S/C20H27N3S2/c1-5-22(6-2)17-9-11-18(12-10-17)23(15-19-8-7-13-25-19)20(24)21-14-16(3)4/h7-13H,3,5-6,14-15H2,1-2,4H3,(H,21,24). The van der Waals surface area contributed by atoms with Crippen molar-refractivity contribution >= 4 is 40.0 Å². The minimum atomic E-state index is 0.692. The van der Waals surface area contributed by atoms with Crippen molar-refractivity contribution in [1.29, 1.82) is 0 Å². The average molecular weight is 374 g/mol. The van der Waals surface area contributed by atoms with Gasteiger partial charge in [0.25, 0.3) is 0 Å². The van der Waals surface area contributed by atoms with E-state index in [0.29, 0.717) is 6.54 Å². The maximum Gasteiger partial charge on any atom is 0.174 e. The fourth-order valence-corrected chi connectivity index (χ4v) is 3.53. The van der Waals surface area contributed by atoms with E-state index in [4.69, 9.17) is 12.2 Å². The molecule has 0 spiro atoms. The zero-order chi connectivity index (χ0) is 18.2. The van der Waals surface area contributed by atoms with Gasteiger partial charge in [0.1, 0.15) is 0 Å². The van der Waals surface area contributed by atoms with Crippen LogP contribution in [0, 0.1) is 0 Å². The molecule has 0 radical (unpaired) electrons. The van der Waals surface area contributed by atoms with Gasteiger partial charge in [-0.15, -0.1) is 11.3 Å². The van der Waals surface area contributed by atoms with Crippen molar-refractivity contribution in [3.8, 4) is 0 Å². The van der Waals surface area contributed by atoms with Gasteiger partial charge in [-0.05, 0) is 68.7 Å². The summed E-state index contributed by atoms with van der Waals surface area (Å²) in [5.74, 6) is 0. The first-order valence-corrected chi connectivity index (χ1v) is 9.91. The number of hydrogen-bond acceptors (Lipinski definition) is 3. The molecule has 0 aliphatic rings. The lowest BCUT2D eigenvalue weighted by atomic mass is 10.2. The third kappa shape index (κ3) is 5.58. The Labute approximate surface area is 161 Å². The molecule has 25 heavy (non-hydrogen) atoms. The van der Waals surface area contributed by atoms with Crippen LogP contribution in [0.1, 0.15) is 25.6 Å². The Morgan fingerprint density at radius 2 is 1.76 bits per heavy atom. The minimum absolute atomic E-state index is 0.692. The monoisotopic (exact) mass is 373 g/mol. The molecule has 1 aromatic heterocycles.